The highest BCUT2D eigenvalue weighted by Gasteiger charge is 2.41. The molecule has 1 saturated carbocycles. The Labute approximate surface area is 79.4 Å². The Morgan fingerprint density at radius 3 is 2.62 bits per heavy atom. The summed E-state index contributed by atoms with van der Waals surface area (Å²) in [6, 6.07) is 2.01. The fourth-order valence-corrected chi connectivity index (χ4v) is 1.40. The Morgan fingerprint density at radius 2 is 2.08 bits per heavy atom. The molecule has 0 unspecified atom stereocenters. The maximum Gasteiger partial charge on any atom is 0.134 e. The second kappa shape index (κ2) is 2.79. The van der Waals surface area contributed by atoms with E-state index >= 15 is 0 Å². The molecule has 2 rings (SSSR count). The largest absolute Gasteiger partial charge is 0.241 e. The fourth-order valence-electron chi connectivity index (χ4n) is 1.40. The molecule has 0 saturated heterocycles. The van der Waals surface area contributed by atoms with Gasteiger partial charge >= 0.3 is 0 Å². The molecule has 1 heterocycles. The van der Waals surface area contributed by atoms with Crippen LogP contribution in [-0.2, 0) is 5.41 Å². The van der Waals surface area contributed by atoms with Crippen LogP contribution >= 0.6 is 0 Å². The predicted octanol–water partition coefficient (Wildman–Crippen LogP) is 2.65. The highest BCUT2D eigenvalue weighted by atomic mass is 14.9. The van der Waals surface area contributed by atoms with Gasteiger partial charge in [-0.05, 0) is 24.8 Å². The molecule has 70 valence electrons. The summed E-state index contributed by atoms with van der Waals surface area (Å²) >= 11 is 0. The van der Waals surface area contributed by atoms with Crippen molar-refractivity contribution < 1.29 is 0 Å². The molecule has 1 aliphatic rings. The summed E-state index contributed by atoms with van der Waals surface area (Å²) in [4.78, 5) is 8.94. The Kier molecular flexibility index (Phi) is 1.86. The van der Waals surface area contributed by atoms with Gasteiger partial charge < -0.3 is 0 Å². The molecule has 1 aliphatic carbocycles. The lowest BCUT2D eigenvalue weighted by Crippen LogP contribution is -2.08. The van der Waals surface area contributed by atoms with Crippen molar-refractivity contribution in [1.82, 2.24) is 9.97 Å². The zero-order chi connectivity index (χ0) is 9.47. The first-order chi connectivity index (χ1) is 6.12. The molecular weight excluding hydrogens is 160 g/mol. The summed E-state index contributed by atoms with van der Waals surface area (Å²) in [5.74, 6) is 1.54. The van der Waals surface area contributed by atoms with Gasteiger partial charge in [-0.25, -0.2) is 9.97 Å². The Bertz CT molecular complexity index is 314. The summed E-state index contributed by atoms with van der Waals surface area (Å²) < 4.78 is 0. The number of nitrogens with zero attached hydrogens (tertiary/aromatic N) is 2. The summed E-state index contributed by atoms with van der Waals surface area (Å²) in [6.07, 6.45) is 4.38. The van der Waals surface area contributed by atoms with Crippen molar-refractivity contribution in [2.45, 2.75) is 44.9 Å². The average molecular weight is 176 g/mol. The van der Waals surface area contributed by atoms with Crippen LogP contribution in [0, 0.1) is 0 Å². The van der Waals surface area contributed by atoms with Gasteiger partial charge in [0.05, 0.1) is 0 Å². The lowest BCUT2D eigenvalue weighted by atomic mass is 10.1. The van der Waals surface area contributed by atoms with E-state index in [9.17, 15) is 0 Å². The molecule has 1 aromatic heterocycles. The molecule has 13 heavy (non-hydrogen) atoms. The summed E-state index contributed by atoms with van der Waals surface area (Å²) in [5, 5.41) is 0. The van der Waals surface area contributed by atoms with E-state index < -0.39 is 0 Å². The van der Waals surface area contributed by atoms with Crippen LogP contribution in [0.3, 0.4) is 0 Å². The topological polar surface area (TPSA) is 25.8 Å². The highest BCUT2D eigenvalue weighted by molar-refractivity contribution is 5.18. The Morgan fingerprint density at radius 1 is 1.38 bits per heavy atom. The van der Waals surface area contributed by atoms with Gasteiger partial charge in [-0.1, -0.05) is 20.8 Å². The van der Waals surface area contributed by atoms with Crippen LogP contribution in [0.25, 0.3) is 0 Å². The normalized spacial score (nSPS) is 19.1. The summed E-state index contributed by atoms with van der Waals surface area (Å²) in [5.41, 5.74) is 1.46. The maximum atomic E-state index is 4.59. The van der Waals surface area contributed by atoms with Crippen LogP contribution in [-0.4, -0.2) is 9.97 Å². The molecule has 0 spiro atoms. The van der Waals surface area contributed by atoms with Gasteiger partial charge in [-0.2, -0.15) is 0 Å². The third kappa shape index (κ3) is 1.58. The maximum absolute atomic E-state index is 4.59. The third-order valence-corrected chi connectivity index (χ3v) is 2.81. The minimum absolute atomic E-state index is 0.297. The third-order valence-electron chi connectivity index (χ3n) is 2.81. The standard InChI is InChI=1S/C11H16N2/c1-8(2)9-4-7-12-10(13-9)11(3)5-6-11/h4,7-8H,5-6H2,1-3H3. The number of hydrogen-bond acceptors (Lipinski definition) is 2. The molecular formula is C11H16N2. The quantitative estimate of drug-likeness (QED) is 0.692. The summed E-state index contributed by atoms with van der Waals surface area (Å²) in [7, 11) is 0. The van der Waals surface area contributed by atoms with Crippen molar-refractivity contribution in [3.05, 3.63) is 23.8 Å². The molecule has 0 amide bonds. The monoisotopic (exact) mass is 176 g/mol. The highest BCUT2D eigenvalue weighted by Crippen LogP contribution is 2.45. The predicted molar refractivity (Wildman–Crippen MR) is 52.7 cm³/mol. The van der Waals surface area contributed by atoms with Crippen LogP contribution in [0.4, 0.5) is 0 Å². The zero-order valence-electron chi connectivity index (χ0n) is 8.54. The number of aromatic nitrogens is 2. The van der Waals surface area contributed by atoms with Crippen molar-refractivity contribution in [2.24, 2.45) is 0 Å². The van der Waals surface area contributed by atoms with Crippen molar-refractivity contribution in [2.75, 3.05) is 0 Å². The van der Waals surface area contributed by atoms with Crippen LogP contribution in [0.1, 0.15) is 51.0 Å². The van der Waals surface area contributed by atoms with E-state index in [4.69, 9.17) is 0 Å². The lowest BCUT2D eigenvalue weighted by molar-refractivity contribution is 0.683. The first kappa shape index (κ1) is 8.67. The molecule has 0 atom stereocenters. The van der Waals surface area contributed by atoms with Gasteiger partial charge in [-0.3, -0.25) is 0 Å². The molecule has 1 fully saturated rings. The van der Waals surface area contributed by atoms with E-state index in [-0.39, 0.29) is 0 Å². The molecule has 0 radical (unpaired) electrons. The van der Waals surface area contributed by atoms with E-state index in [0.717, 1.165) is 11.5 Å². The van der Waals surface area contributed by atoms with Crippen molar-refractivity contribution in [3.63, 3.8) is 0 Å². The molecule has 0 N–H and O–H groups in total. The van der Waals surface area contributed by atoms with Crippen molar-refractivity contribution >= 4 is 0 Å². The second-order valence-electron chi connectivity index (χ2n) is 4.52. The van der Waals surface area contributed by atoms with Crippen molar-refractivity contribution in [1.29, 1.82) is 0 Å². The molecule has 0 aromatic carbocycles. The molecule has 2 nitrogen and oxygen atoms in total. The van der Waals surface area contributed by atoms with Crippen LogP contribution in [0.2, 0.25) is 0 Å². The number of hydrogen-bond donors (Lipinski definition) is 0. The molecule has 1 aromatic rings. The molecule has 0 aliphatic heterocycles. The van der Waals surface area contributed by atoms with E-state index in [1.165, 1.54) is 12.8 Å². The minimum Gasteiger partial charge on any atom is -0.241 e. The second-order valence-corrected chi connectivity index (χ2v) is 4.52. The van der Waals surface area contributed by atoms with Gasteiger partial charge in [0.15, 0.2) is 0 Å². The Balaban J connectivity index is 2.33. The first-order valence-corrected chi connectivity index (χ1v) is 4.95. The van der Waals surface area contributed by atoms with Gasteiger partial charge in [-0.15, -0.1) is 0 Å². The lowest BCUT2D eigenvalue weighted by Gasteiger charge is -2.09. The van der Waals surface area contributed by atoms with Gasteiger partial charge in [0.2, 0.25) is 0 Å². The van der Waals surface area contributed by atoms with Crippen LogP contribution < -0.4 is 0 Å². The van der Waals surface area contributed by atoms with Gasteiger partial charge in [0.25, 0.3) is 0 Å². The van der Waals surface area contributed by atoms with Crippen LogP contribution in [0.5, 0.6) is 0 Å². The van der Waals surface area contributed by atoms with E-state index in [2.05, 4.69) is 30.7 Å². The smallest absolute Gasteiger partial charge is 0.134 e. The van der Waals surface area contributed by atoms with E-state index in [0.29, 0.717) is 11.3 Å². The summed E-state index contributed by atoms with van der Waals surface area (Å²) in [6.45, 7) is 6.58. The van der Waals surface area contributed by atoms with E-state index in [1.807, 2.05) is 12.3 Å². The minimum atomic E-state index is 0.297. The molecule has 2 heteroatoms. The Hall–Kier alpha value is -0.920. The molecule has 0 bridgehead atoms. The zero-order valence-corrected chi connectivity index (χ0v) is 8.54. The SMILES string of the molecule is CC(C)c1ccnc(C2(C)CC2)n1. The number of rotatable bonds is 2. The first-order valence-electron chi connectivity index (χ1n) is 4.95. The van der Waals surface area contributed by atoms with Crippen molar-refractivity contribution in [3.8, 4) is 0 Å². The van der Waals surface area contributed by atoms with E-state index in [1.54, 1.807) is 0 Å². The van der Waals surface area contributed by atoms with Crippen LogP contribution in [0.15, 0.2) is 12.3 Å². The fraction of sp³-hybridized carbons (Fsp3) is 0.636. The average Bonchev–Trinajstić information content (AvgIpc) is 2.85. The van der Waals surface area contributed by atoms with Gasteiger partial charge in [0.1, 0.15) is 5.82 Å². The van der Waals surface area contributed by atoms with Gasteiger partial charge in [0, 0.05) is 17.3 Å².